The molecule has 0 bridgehead atoms. The Kier molecular flexibility index (Phi) is 4.08. The van der Waals surface area contributed by atoms with E-state index >= 15 is 0 Å². The van der Waals surface area contributed by atoms with E-state index in [1.807, 2.05) is 6.92 Å². The molecule has 0 spiro atoms. The molecule has 0 aromatic heterocycles. The van der Waals surface area contributed by atoms with E-state index in [0.717, 1.165) is 15.5 Å². The number of carbonyl (C=O) groups is 2. The van der Waals surface area contributed by atoms with Crippen molar-refractivity contribution in [3.05, 3.63) is 34.5 Å². The van der Waals surface area contributed by atoms with Crippen molar-refractivity contribution >= 4 is 52.6 Å². The summed E-state index contributed by atoms with van der Waals surface area (Å²) in [6, 6.07) is 2.63. The van der Waals surface area contributed by atoms with Crippen LogP contribution in [0, 0.1) is 0 Å². The van der Waals surface area contributed by atoms with Crippen molar-refractivity contribution in [2.75, 3.05) is 10.7 Å². The summed E-state index contributed by atoms with van der Waals surface area (Å²) in [4.78, 5) is 24.9. The van der Waals surface area contributed by atoms with Gasteiger partial charge in [0.15, 0.2) is 0 Å². The van der Waals surface area contributed by atoms with E-state index < -0.39 is 11.9 Å². The Labute approximate surface area is 124 Å². The second-order valence-corrected chi connectivity index (χ2v) is 5.80. The Hall–Kier alpha value is -1.17. The molecule has 0 aliphatic carbocycles. The van der Waals surface area contributed by atoms with Crippen molar-refractivity contribution in [1.82, 2.24) is 5.32 Å². The quantitative estimate of drug-likeness (QED) is 0.526. The molecule has 1 saturated heterocycles. The maximum atomic E-state index is 11.7. The molecular weight excluding hydrogens is 307 g/mol. The van der Waals surface area contributed by atoms with Crippen molar-refractivity contribution < 1.29 is 9.59 Å². The van der Waals surface area contributed by atoms with Crippen molar-refractivity contribution in [2.45, 2.75) is 11.8 Å². The first-order chi connectivity index (χ1) is 8.95. The Morgan fingerprint density at radius 3 is 2.32 bits per heavy atom. The number of anilines is 1. The zero-order valence-corrected chi connectivity index (χ0v) is 12.3. The number of nitrogens with zero attached hydrogens (tertiary/aromatic N) is 1. The zero-order chi connectivity index (χ0) is 14.2. The first-order valence-corrected chi connectivity index (χ1v) is 7.16. The van der Waals surface area contributed by atoms with Gasteiger partial charge >= 0.3 is 6.03 Å². The van der Waals surface area contributed by atoms with Crippen LogP contribution in [-0.4, -0.2) is 17.7 Å². The number of hydrogen-bond acceptors (Lipinski definition) is 3. The summed E-state index contributed by atoms with van der Waals surface area (Å²) in [5, 5.41) is 3.03. The fraction of sp³-hybridized carbons (Fsp3) is 0.167. The van der Waals surface area contributed by atoms with E-state index in [4.69, 9.17) is 23.2 Å². The average molecular weight is 317 g/mol. The van der Waals surface area contributed by atoms with E-state index in [0.29, 0.717) is 15.7 Å². The van der Waals surface area contributed by atoms with Crippen LogP contribution in [0.25, 0.3) is 0 Å². The van der Waals surface area contributed by atoms with E-state index in [9.17, 15) is 9.59 Å². The topological polar surface area (TPSA) is 49.4 Å². The van der Waals surface area contributed by atoms with Crippen LogP contribution in [0.4, 0.5) is 10.5 Å². The predicted molar refractivity (Wildman–Crippen MR) is 78.0 cm³/mol. The molecule has 1 aromatic carbocycles. The smallest absolute Gasteiger partial charge is 0.272 e. The highest BCUT2D eigenvalue weighted by Gasteiger charge is 2.33. The number of carbonyl (C=O) groups excluding carboxylic acids is 2. The molecule has 2 rings (SSSR count). The predicted octanol–water partition coefficient (Wildman–Crippen LogP) is 3.68. The number of benzene rings is 1. The van der Waals surface area contributed by atoms with Gasteiger partial charge in [0.25, 0.3) is 5.91 Å². The number of nitrogens with one attached hydrogen (secondary N) is 1. The van der Waals surface area contributed by atoms with Crippen LogP contribution in [0.5, 0.6) is 0 Å². The molecule has 19 heavy (non-hydrogen) atoms. The second-order valence-electron chi connectivity index (χ2n) is 3.71. The highest BCUT2D eigenvalue weighted by Crippen LogP contribution is 2.38. The van der Waals surface area contributed by atoms with Crippen molar-refractivity contribution in [3.8, 4) is 0 Å². The van der Waals surface area contributed by atoms with Gasteiger partial charge in [-0.15, -0.1) is 11.8 Å². The van der Waals surface area contributed by atoms with Gasteiger partial charge in [-0.1, -0.05) is 36.7 Å². The summed E-state index contributed by atoms with van der Waals surface area (Å²) >= 11 is 13.8. The minimum atomic E-state index is -0.557. The lowest BCUT2D eigenvalue weighted by Crippen LogP contribution is -2.27. The molecule has 3 amide bonds. The molecule has 1 fully saturated rings. The monoisotopic (exact) mass is 316 g/mol. The first-order valence-electron chi connectivity index (χ1n) is 5.42. The molecule has 1 aliphatic rings. The molecule has 100 valence electrons. The van der Waals surface area contributed by atoms with Gasteiger partial charge in [-0.2, -0.15) is 0 Å². The maximum absolute atomic E-state index is 11.7. The number of halogens is 2. The number of hydrogen-bond donors (Lipinski definition) is 1. The van der Waals surface area contributed by atoms with Gasteiger partial charge in [0.1, 0.15) is 5.70 Å². The highest BCUT2D eigenvalue weighted by molar-refractivity contribution is 7.99. The first kappa shape index (κ1) is 14.2. The van der Waals surface area contributed by atoms with Crippen molar-refractivity contribution in [3.63, 3.8) is 0 Å². The fourth-order valence-corrected chi connectivity index (χ4v) is 3.17. The zero-order valence-electron chi connectivity index (χ0n) is 10.00. The van der Waals surface area contributed by atoms with Crippen LogP contribution in [0.15, 0.2) is 29.3 Å². The third-order valence-electron chi connectivity index (χ3n) is 2.49. The number of thioether (sulfide) groups is 1. The summed E-state index contributed by atoms with van der Waals surface area (Å²) in [6.07, 6.45) is 0. The fourth-order valence-electron chi connectivity index (χ4n) is 1.68. The van der Waals surface area contributed by atoms with Crippen LogP contribution < -0.4 is 10.2 Å². The number of amides is 3. The van der Waals surface area contributed by atoms with Crippen LogP contribution in [0.2, 0.25) is 10.0 Å². The molecule has 0 unspecified atom stereocenters. The number of urea groups is 1. The summed E-state index contributed by atoms with van der Waals surface area (Å²) in [5.41, 5.74) is 0.469. The Morgan fingerprint density at radius 2 is 1.89 bits per heavy atom. The Bertz CT molecular complexity index is 566. The van der Waals surface area contributed by atoms with E-state index in [-0.39, 0.29) is 5.70 Å². The second kappa shape index (κ2) is 5.45. The largest absolute Gasteiger partial charge is 0.333 e. The third kappa shape index (κ3) is 2.59. The van der Waals surface area contributed by atoms with Gasteiger partial charge in [0.05, 0.1) is 15.7 Å². The minimum Gasteiger partial charge on any atom is -0.272 e. The molecule has 0 saturated carbocycles. The molecule has 1 heterocycles. The number of rotatable bonds is 3. The van der Waals surface area contributed by atoms with Crippen LogP contribution in [0.3, 0.4) is 0 Å². The van der Waals surface area contributed by atoms with Gasteiger partial charge in [0.2, 0.25) is 0 Å². The van der Waals surface area contributed by atoms with Gasteiger partial charge in [0, 0.05) is 4.90 Å². The SMILES string of the molecule is C=C1C(=O)NC(=O)N1c1cc(Cl)c(SCC)c(Cl)c1. The van der Waals surface area contributed by atoms with Crippen molar-refractivity contribution in [1.29, 1.82) is 0 Å². The highest BCUT2D eigenvalue weighted by atomic mass is 35.5. The molecule has 0 atom stereocenters. The summed E-state index contributed by atoms with van der Waals surface area (Å²) in [5.74, 6) is 0.304. The number of imide groups is 1. The Balaban J connectivity index is 2.45. The third-order valence-corrected chi connectivity index (χ3v) is 4.32. The molecule has 1 N–H and O–H groups in total. The van der Waals surface area contributed by atoms with E-state index in [1.54, 1.807) is 12.1 Å². The van der Waals surface area contributed by atoms with Crippen LogP contribution >= 0.6 is 35.0 Å². The molecule has 4 nitrogen and oxygen atoms in total. The minimum absolute atomic E-state index is 0.0491. The summed E-state index contributed by atoms with van der Waals surface area (Å²) < 4.78 is 0. The van der Waals surface area contributed by atoms with Crippen LogP contribution in [-0.2, 0) is 4.79 Å². The lowest BCUT2D eigenvalue weighted by Gasteiger charge is -2.16. The maximum Gasteiger partial charge on any atom is 0.333 e. The van der Waals surface area contributed by atoms with Gasteiger partial charge < -0.3 is 0 Å². The lowest BCUT2D eigenvalue weighted by atomic mass is 10.3. The molecule has 7 heteroatoms. The molecule has 1 aromatic rings. The van der Waals surface area contributed by atoms with Crippen LogP contribution in [0.1, 0.15) is 6.92 Å². The van der Waals surface area contributed by atoms with Gasteiger partial charge in [-0.25, -0.2) is 4.79 Å². The van der Waals surface area contributed by atoms with Gasteiger partial charge in [-0.3, -0.25) is 15.0 Å². The molecular formula is C12H10Cl2N2O2S. The summed E-state index contributed by atoms with van der Waals surface area (Å²) in [7, 11) is 0. The summed E-state index contributed by atoms with van der Waals surface area (Å²) in [6.45, 7) is 5.55. The molecule has 0 radical (unpaired) electrons. The standard InChI is InChI=1S/C12H10Cl2N2O2S/c1-3-19-10-8(13)4-7(5-9(10)14)16-6(2)11(17)15-12(16)18/h4-5H,2-3H2,1H3,(H,15,17,18). The Morgan fingerprint density at radius 1 is 1.32 bits per heavy atom. The molecule has 1 aliphatic heterocycles. The van der Waals surface area contributed by atoms with E-state index in [1.165, 1.54) is 11.8 Å². The lowest BCUT2D eigenvalue weighted by molar-refractivity contribution is -0.115. The van der Waals surface area contributed by atoms with Gasteiger partial charge in [-0.05, 0) is 17.9 Å². The normalized spacial score (nSPS) is 15.1. The van der Waals surface area contributed by atoms with Crippen molar-refractivity contribution in [2.24, 2.45) is 0 Å². The van der Waals surface area contributed by atoms with E-state index in [2.05, 4.69) is 11.9 Å². The average Bonchev–Trinajstić information content (AvgIpc) is 2.58.